The van der Waals surface area contributed by atoms with E-state index in [-0.39, 0.29) is 24.3 Å². The third kappa shape index (κ3) is 4.80. The van der Waals surface area contributed by atoms with E-state index >= 15 is 0 Å². The smallest absolute Gasteiger partial charge is 0.250 e. The maximum Gasteiger partial charge on any atom is 0.250 e. The van der Waals surface area contributed by atoms with Crippen molar-refractivity contribution in [2.24, 2.45) is 17.8 Å². The van der Waals surface area contributed by atoms with E-state index < -0.39 is 41.0 Å². The number of hydrogen-bond acceptors (Lipinski definition) is 5. The highest BCUT2D eigenvalue weighted by molar-refractivity contribution is 6.30. The Morgan fingerprint density at radius 1 is 1.10 bits per heavy atom. The molecule has 1 spiro atoms. The number of nitrogens with zero attached hydrogens (tertiary/aromatic N) is 1. The van der Waals surface area contributed by atoms with Crippen molar-refractivity contribution in [3.63, 3.8) is 0 Å². The maximum atomic E-state index is 14.4. The second-order valence-corrected chi connectivity index (χ2v) is 12.2. The first-order valence-electron chi connectivity index (χ1n) is 14.2. The molecule has 2 aromatic carbocycles. The van der Waals surface area contributed by atoms with Crippen LogP contribution in [0.3, 0.4) is 0 Å². The van der Waals surface area contributed by atoms with Gasteiger partial charge >= 0.3 is 0 Å². The Morgan fingerprint density at radius 3 is 2.42 bits per heavy atom. The van der Waals surface area contributed by atoms with E-state index in [4.69, 9.17) is 16.3 Å². The number of aliphatic hydroxyl groups is 1. The summed E-state index contributed by atoms with van der Waals surface area (Å²) in [4.78, 5) is 43.8. The normalized spacial score (nSPS) is 29.5. The molecule has 2 unspecified atom stereocenters. The number of amides is 3. The lowest BCUT2D eigenvalue weighted by molar-refractivity contribution is -0.149. The van der Waals surface area contributed by atoms with E-state index in [0.29, 0.717) is 42.9 Å². The number of hydrogen-bond donors (Lipinski definition) is 3. The lowest BCUT2D eigenvalue weighted by atomic mass is 9.65. The largest absolute Gasteiger partial charge is 0.394 e. The van der Waals surface area contributed by atoms with Crippen LogP contribution >= 0.6 is 11.6 Å². The number of rotatable bonds is 10. The number of benzene rings is 2. The minimum absolute atomic E-state index is 0.173. The molecule has 5 rings (SSSR count). The van der Waals surface area contributed by atoms with Crippen molar-refractivity contribution in [2.75, 3.05) is 11.9 Å². The van der Waals surface area contributed by atoms with Crippen LogP contribution in [0, 0.1) is 17.8 Å². The number of carbonyl (C=O) groups excluding carboxylic acids is 3. The van der Waals surface area contributed by atoms with Crippen molar-refractivity contribution < 1.29 is 24.2 Å². The number of nitrogens with one attached hydrogen (secondary N) is 2. The van der Waals surface area contributed by atoms with Gasteiger partial charge in [0.05, 0.1) is 30.1 Å². The van der Waals surface area contributed by atoms with Gasteiger partial charge in [0.1, 0.15) is 11.6 Å². The molecule has 8 nitrogen and oxygen atoms in total. The number of likely N-dealkylation sites (tertiary alicyclic amines) is 1. The Labute approximate surface area is 240 Å². The number of carbonyl (C=O) groups is 3. The fourth-order valence-corrected chi connectivity index (χ4v) is 7.33. The summed E-state index contributed by atoms with van der Waals surface area (Å²) in [6.45, 7) is 6.04. The van der Waals surface area contributed by atoms with Crippen LogP contribution in [-0.2, 0) is 25.7 Å². The molecule has 0 radical (unpaired) electrons. The van der Waals surface area contributed by atoms with E-state index in [1.807, 2.05) is 51.1 Å². The van der Waals surface area contributed by atoms with Crippen LogP contribution in [0.4, 0.5) is 5.69 Å². The molecule has 0 saturated carbocycles. The van der Waals surface area contributed by atoms with Gasteiger partial charge in [0, 0.05) is 17.3 Å². The van der Waals surface area contributed by atoms with Gasteiger partial charge in [-0.25, -0.2) is 0 Å². The van der Waals surface area contributed by atoms with Gasteiger partial charge in [-0.2, -0.15) is 0 Å². The Bertz CT molecular complexity index is 1260. The molecule has 0 aliphatic carbocycles. The quantitative estimate of drug-likeness (QED) is 0.400. The van der Waals surface area contributed by atoms with Gasteiger partial charge in [0.2, 0.25) is 17.7 Å². The predicted octanol–water partition coefficient (Wildman–Crippen LogP) is 4.16. The molecule has 0 aromatic heterocycles. The first-order chi connectivity index (χ1) is 19.2. The van der Waals surface area contributed by atoms with E-state index in [2.05, 4.69) is 10.6 Å². The van der Waals surface area contributed by atoms with Crippen LogP contribution in [-0.4, -0.2) is 57.6 Å². The van der Waals surface area contributed by atoms with E-state index in [1.54, 1.807) is 24.3 Å². The lowest BCUT2D eigenvalue weighted by Gasteiger charge is -2.37. The lowest BCUT2D eigenvalue weighted by Crippen LogP contribution is -2.56. The number of halogens is 1. The summed E-state index contributed by atoms with van der Waals surface area (Å²) in [5, 5.41) is 17.0. The molecular formula is C31H38ClN3O5. The fraction of sp³-hybridized carbons (Fsp3) is 0.516. The molecule has 214 valence electrons. The summed E-state index contributed by atoms with van der Waals surface area (Å²) in [7, 11) is 0. The average Bonchev–Trinajstić information content (AvgIpc) is 3.55. The Balaban J connectivity index is 1.52. The predicted molar refractivity (Wildman–Crippen MR) is 152 cm³/mol. The molecule has 2 bridgehead atoms. The van der Waals surface area contributed by atoms with Gasteiger partial charge in [-0.3, -0.25) is 14.4 Å². The zero-order valence-corrected chi connectivity index (χ0v) is 24.0. The van der Waals surface area contributed by atoms with Gasteiger partial charge < -0.3 is 25.4 Å². The van der Waals surface area contributed by atoms with Crippen molar-refractivity contribution in [1.29, 1.82) is 0 Å². The van der Waals surface area contributed by atoms with Crippen molar-refractivity contribution >= 4 is 35.0 Å². The van der Waals surface area contributed by atoms with E-state index in [1.165, 1.54) is 4.90 Å². The Hall–Kier alpha value is -2.94. The first-order valence-corrected chi connectivity index (χ1v) is 14.5. The molecule has 9 heteroatoms. The van der Waals surface area contributed by atoms with Gasteiger partial charge in [-0.15, -0.1) is 0 Å². The topological polar surface area (TPSA) is 108 Å². The van der Waals surface area contributed by atoms with Crippen LogP contribution in [0.1, 0.15) is 52.0 Å². The zero-order valence-electron chi connectivity index (χ0n) is 23.2. The minimum Gasteiger partial charge on any atom is -0.394 e. The standard InChI is InChI=1S/C31H38ClN3O5/c1-4-30-14-15-31(40-30)25(24(30)27(37)33-17-20-8-6-5-7-9-20)29(39)35(23(18-36)16-19(2)3)26(31)28(38)34-22-12-10-21(32)11-13-22/h5-13,19,23-26,36H,4,14-18H2,1-3H3,(H,33,37)(H,34,38)/t23-,24-,25+,26?,30+,31?/m1/s1. The molecule has 6 atom stereocenters. The molecule has 3 N–H and O–H groups in total. The highest BCUT2D eigenvalue weighted by Crippen LogP contribution is 2.64. The second-order valence-electron chi connectivity index (χ2n) is 11.7. The third-order valence-electron chi connectivity index (χ3n) is 8.92. The van der Waals surface area contributed by atoms with Crippen LogP contribution in [0.25, 0.3) is 0 Å². The molecule has 40 heavy (non-hydrogen) atoms. The molecule has 3 aliphatic heterocycles. The zero-order chi connectivity index (χ0) is 28.7. The monoisotopic (exact) mass is 567 g/mol. The minimum atomic E-state index is -1.16. The van der Waals surface area contributed by atoms with E-state index in [9.17, 15) is 19.5 Å². The maximum absolute atomic E-state index is 14.4. The highest BCUT2D eigenvalue weighted by Gasteiger charge is 2.79. The van der Waals surface area contributed by atoms with Crippen molar-refractivity contribution in [3.05, 3.63) is 65.2 Å². The van der Waals surface area contributed by atoms with Crippen molar-refractivity contribution in [3.8, 4) is 0 Å². The van der Waals surface area contributed by atoms with Crippen LogP contribution in [0.15, 0.2) is 54.6 Å². The number of fused-ring (bicyclic) bond motifs is 1. The van der Waals surface area contributed by atoms with Crippen LogP contribution < -0.4 is 10.6 Å². The average molecular weight is 568 g/mol. The summed E-state index contributed by atoms with van der Waals surface area (Å²) in [6.07, 6.45) is 2.11. The fourth-order valence-electron chi connectivity index (χ4n) is 7.21. The molecular weight excluding hydrogens is 530 g/mol. The Kier molecular flexibility index (Phi) is 7.97. The van der Waals surface area contributed by atoms with Gasteiger partial charge in [0.25, 0.3) is 0 Å². The second kappa shape index (κ2) is 11.1. The summed E-state index contributed by atoms with van der Waals surface area (Å²) >= 11 is 6.04. The molecule has 3 heterocycles. The summed E-state index contributed by atoms with van der Waals surface area (Å²) in [6, 6.07) is 14.8. The number of ether oxygens (including phenoxy) is 1. The SMILES string of the molecule is CC[C@@]12CCC3(O1)C(C(=O)Nc1ccc(Cl)cc1)N([C@@H](CO)CC(C)C)C(=O)[C@@H]3[C@@H]2C(=O)NCc1ccccc1. The number of anilines is 1. The molecule has 3 amide bonds. The first kappa shape index (κ1) is 28.6. The highest BCUT2D eigenvalue weighted by atomic mass is 35.5. The summed E-state index contributed by atoms with van der Waals surface area (Å²) in [5.41, 5.74) is -0.500. The third-order valence-corrected chi connectivity index (χ3v) is 9.17. The molecule has 3 saturated heterocycles. The Morgan fingerprint density at radius 2 is 1.80 bits per heavy atom. The molecule has 2 aromatic rings. The van der Waals surface area contributed by atoms with Gasteiger partial charge in [-0.1, -0.05) is 62.7 Å². The van der Waals surface area contributed by atoms with Gasteiger partial charge in [0.15, 0.2) is 0 Å². The molecule has 3 fully saturated rings. The molecule has 3 aliphatic rings. The van der Waals surface area contributed by atoms with Gasteiger partial charge in [-0.05, 0) is 61.4 Å². The van der Waals surface area contributed by atoms with Crippen molar-refractivity contribution in [2.45, 2.75) is 76.3 Å². The van der Waals surface area contributed by atoms with Crippen molar-refractivity contribution in [1.82, 2.24) is 10.2 Å². The van der Waals surface area contributed by atoms with Crippen LogP contribution in [0.2, 0.25) is 5.02 Å². The van der Waals surface area contributed by atoms with E-state index in [0.717, 1.165) is 5.56 Å². The summed E-state index contributed by atoms with van der Waals surface area (Å²) < 4.78 is 6.81. The summed E-state index contributed by atoms with van der Waals surface area (Å²) in [5.74, 6) is -2.32. The number of aliphatic hydroxyl groups excluding tert-OH is 1. The van der Waals surface area contributed by atoms with Crippen LogP contribution in [0.5, 0.6) is 0 Å².